The van der Waals surface area contributed by atoms with Crippen LogP contribution in [-0.2, 0) is 11.3 Å². The fourth-order valence-corrected chi connectivity index (χ4v) is 3.11. The van der Waals surface area contributed by atoms with E-state index in [9.17, 15) is 31.1 Å². The molecule has 0 amide bonds. The van der Waals surface area contributed by atoms with E-state index in [1.807, 2.05) is 0 Å². The first-order chi connectivity index (χ1) is 15.2. The third-order valence-electron chi connectivity index (χ3n) is 4.69. The number of pyridine rings is 1. The quantitative estimate of drug-likeness (QED) is 0.376. The van der Waals surface area contributed by atoms with Crippen LogP contribution < -0.4 is 11.3 Å². The molecule has 3 rings (SSSR count). The lowest BCUT2D eigenvalue weighted by molar-refractivity contribution is -0.130. The summed E-state index contributed by atoms with van der Waals surface area (Å²) in [5, 5.41) is 0.252. The number of hydrogen-bond acceptors (Lipinski definition) is 5. The van der Waals surface area contributed by atoms with Crippen LogP contribution in [0.4, 0.5) is 32.2 Å². The van der Waals surface area contributed by atoms with Crippen molar-refractivity contribution in [1.29, 1.82) is 0 Å². The van der Waals surface area contributed by atoms with E-state index >= 15 is 0 Å². The highest BCUT2D eigenvalue weighted by Crippen LogP contribution is 2.28. The number of anilines is 1. The number of benzene rings is 1. The zero-order valence-electron chi connectivity index (χ0n) is 16.5. The number of alkyl halides is 5. The smallest absolute Gasteiger partial charge is 0.345 e. The van der Waals surface area contributed by atoms with Gasteiger partial charge in [-0.05, 0) is 36.4 Å². The summed E-state index contributed by atoms with van der Waals surface area (Å²) in [6.07, 6.45) is -2.33. The second-order valence-electron chi connectivity index (χ2n) is 6.90. The number of hydrogen-bond donors (Lipinski definition) is 1. The number of halogens is 6. The SMILES string of the molecule is Nc1nc(-c2cc3ccn(CC(F)CCCOC(F)F)c(=O)c3cc2F)ncc1C(F)F. The third kappa shape index (κ3) is 5.36. The Morgan fingerprint density at radius 2 is 1.91 bits per heavy atom. The molecule has 3 aromatic rings. The van der Waals surface area contributed by atoms with Gasteiger partial charge in [-0.3, -0.25) is 4.79 Å². The average molecular weight is 460 g/mol. The van der Waals surface area contributed by atoms with Gasteiger partial charge in [0.25, 0.3) is 12.0 Å². The molecule has 0 saturated heterocycles. The molecule has 0 radical (unpaired) electrons. The topological polar surface area (TPSA) is 83.0 Å². The highest BCUT2D eigenvalue weighted by atomic mass is 19.3. The van der Waals surface area contributed by atoms with Gasteiger partial charge in [-0.25, -0.2) is 27.5 Å². The average Bonchev–Trinajstić information content (AvgIpc) is 2.73. The number of nitrogens with two attached hydrogens (primary N) is 1. The number of aromatic nitrogens is 3. The van der Waals surface area contributed by atoms with Gasteiger partial charge in [-0.1, -0.05) is 0 Å². The van der Waals surface area contributed by atoms with Gasteiger partial charge in [-0.2, -0.15) is 8.78 Å². The molecule has 0 spiro atoms. The van der Waals surface area contributed by atoms with E-state index in [0.29, 0.717) is 5.39 Å². The molecule has 1 unspecified atom stereocenters. The molecule has 0 aliphatic rings. The van der Waals surface area contributed by atoms with Crippen molar-refractivity contribution in [2.75, 3.05) is 12.3 Å². The minimum Gasteiger partial charge on any atom is -0.383 e. The Labute approximate surface area is 177 Å². The summed E-state index contributed by atoms with van der Waals surface area (Å²) in [4.78, 5) is 20.1. The summed E-state index contributed by atoms with van der Waals surface area (Å²) in [5.41, 5.74) is 4.09. The second-order valence-corrected chi connectivity index (χ2v) is 6.90. The lowest BCUT2D eigenvalue weighted by Gasteiger charge is -2.12. The van der Waals surface area contributed by atoms with Crippen LogP contribution in [0.1, 0.15) is 24.8 Å². The van der Waals surface area contributed by atoms with E-state index in [-0.39, 0.29) is 42.8 Å². The van der Waals surface area contributed by atoms with Crippen LogP contribution in [0.15, 0.2) is 35.4 Å². The number of ether oxygens (including phenoxy) is 1. The van der Waals surface area contributed by atoms with Gasteiger partial charge in [0.2, 0.25) is 0 Å². The van der Waals surface area contributed by atoms with Crippen molar-refractivity contribution < 1.29 is 31.1 Å². The van der Waals surface area contributed by atoms with Crippen molar-refractivity contribution >= 4 is 16.6 Å². The van der Waals surface area contributed by atoms with Crippen LogP contribution in [0.2, 0.25) is 0 Å². The monoisotopic (exact) mass is 460 g/mol. The summed E-state index contributed by atoms with van der Waals surface area (Å²) in [6.45, 7) is -3.59. The van der Waals surface area contributed by atoms with Gasteiger partial charge in [0, 0.05) is 12.4 Å². The van der Waals surface area contributed by atoms with Crippen molar-refractivity contribution in [1.82, 2.24) is 14.5 Å². The highest BCUT2D eigenvalue weighted by Gasteiger charge is 2.18. The summed E-state index contributed by atoms with van der Waals surface area (Å²) in [7, 11) is 0. The molecule has 0 saturated carbocycles. The summed E-state index contributed by atoms with van der Waals surface area (Å²) >= 11 is 0. The summed E-state index contributed by atoms with van der Waals surface area (Å²) in [5.74, 6) is -1.62. The Hall–Kier alpha value is -3.15. The van der Waals surface area contributed by atoms with Crippen LogP contribution >= 0.6 is 0 Å². The number of nitrogen functional groups attached to an aromatic ring is 1. The summed E-state index contributed by atoms with van der Waals surface area (Å²) < 4.78 is 83.3. The van der Waals surface area contributed by atoms with Crippen molar-refractivity contribution in [3.63, 3.8) is 0 Å². The van der Waals surface area contributed by atoms with Crippen molar-refractivity contribution in [2.45, 2.75) is 38.6 Å². The second kappa shape index (κ2) is 9.98. The number of rotatable bonds is 9. The summed E-state index contributed by atoms with van der Waals surface area (Å²) in [6, 6.07) is 3.64. The predicted molar refractivity (Wildman–Crippen MR) is 105 cm³/mol. The van der Waals surface area contributed by atoms with Crippen LogP contribution in [-0.4, -0.2) is 33.9 Å². The molecule has 1 atom stereocenters. The van der Waals surface area contributed by atoms with Crippen molar-refractivity contribution in [3.05, 3.63) is 52.3 Å². The standard InChI is InChI=1S/C20H18F6N4O2/c21-11(2-1-5-32-20(25)26)9-30-4-3-10-6-13(15(22)7-12(10)19(30)31)18-28-8-14(16(23)24)17(27)29-18/h3-4,6-8,11,16,20H,1-2,5,9H2,(H2,27,28,29). The van der Waals surface area contributed by atoms with E-state index in [1.54, 1.807) is 0 Å². The molecule has 172 valence electrons. The molecule has 2 N–H and O–H groups in total. The number of nitrogens with zero attached hydrogens (tertiary/aromatic N) is 3. The Morgan fingerprint density at radius 1 is 1.16 bits per heavy atom. The Bertz CT molecular complexity index is 1150. The molecule has 0 aliphatic carbocycles. The molecule has 1 aromatic carbocycles. The minimum absolute atomic E-state index is 0.0410. The van der Waals surface area contributed by atoms with Crippen LogP contribution in [0.3, 0.4) is 0 Å². The normalized spacial score (nSPS) is 12.8. The third-order valence-corrected chi connectivity index (χ3v) is 4.69. The van der Waals surface area contributed by atoms with Crippen LogP contribution in [0, 0.1) is 5.82 Å². The molecule has 2 aromatic heterocycles. The lowest BCUT2D eigenvalue weighted by Crippen LogP contribution is -2.24. The molecule has 0 aliphatic heterocycles. The van der Waals surface area contributed by atoms with Gasteiger partial charge < -0.3 is 15.0 Å². The van der Waals surface area contributed by atoms with Crippen LogP contribution in [0.25, 0.3) is 22.2 Å². The van der Waals surface area contributed by atoms with Crippen LogP contribution in [0.5, 0.6) is 0 Å². The predicted octanol–water partition coefficient (Wildman–Crippen LogP) is 4.47. The van der Waals surface area contributed by atoms with Crippen molar-refractivity contribution in [3.8, 4) is 11.4 Å². The Balaban J connectivity index is 1.83. The van der Waals surface area contributed by atoms with Gasteiger partial charge in [0.05, 0.1) is 29.7 Å². The maximum Gasteiger partial charge on any atom is 0.345 e. The zero-order chi connectivity index (χ0) is 23.4. The Morgan fingerprint density at radius 3 is 2.56 bits per heavy atom. The fraction of sp³-hybridized carbons (Fsp3) is 0.350. The van der Waals surface area contributed by atoms with E-state index in [1.165, 1.54) is 18.3 Å². The van der Waals surface area contributed by atoms with E-state index < -0.39 is 42.0 Å². The largest absolute Gasteiger partial charge is 0.383 e. The first kappa shape index (κ1) is 23.5. The van der Waals surface area contributed by atoms with E-state index in [0.717, 1.165) is 16.8 Å². The molecular weight excluding hydrogens is 442 g/mol. The van der Waals surface area contributed by atoms with E-state index in [2.05, 4.69) is 14.7 Å². The van der Waals surface area contributed by atoms with Gasteiger partial charge >= 0.3 is 6.61 Å². The first-order valence-electron chi connectivity index (χ1n) is 9.44. The maximum atomic E-state index is 14.7. The maximum absolute atomic E-state index is 14.7. The fourth-order valence-electron chi connectivity index (χ4n) is 3.11. The molecule has 0 fully saturated rings. The van der Waals surface area contributed by atoms with Gasteiger partial charge in [0.15, 0.2) is 5.82 Å². The van der Waals surface area contributed by atoms with Crippen molar-refractivity contribution in [2.24, 2.45) is 0 Å². The lowest BCUT2D eigenvalue weighted by atomic mass is 10.1. The highest BCUT2D eigenvalue weighted by molar-refractivity contribution is 5.86. The molecule has 0 bridgehead atoms. The molecule has 12 heteroatoms. The van der Waals surface area contributed by atoms with E-state index in [4.69, 9.17) is 5.73 Å². The minimum atomic E-state index is -2.93. The molecular formula is C20H18F6N4O2. The zero-order valence-corrected chi connectivity index (χ0v) is 16.5. The van der Waals surface area contributed by atoms with Gasteiger partial charge in [0.1, 0.15) is 17.8 Å². The molecule has 2 heterocycles. The number of fused-ring (bicyclic) bond motifs is 1. The molecule has 6 nitrogen and oxygen atoms in total. The first-order valence-corrected chi connectivity index (χ1v) is 9.44. The Kier molecular flexibility index (Phi) is 7.33. The van der Waals surface area contributed by atoms with Gasteiger partial charge in [-0.15, -0.1) is 0 Å². The molecule has 32 heavy (non-hydrogen) atoms.